The van der Waals surface area contributed by atoms with E-state index in [1.54, 1.807) is 24.3 Å². The van der Waals surface area contributed by atoms with Crippen molar-refractivity contribution in [2.45, 2.75) is 12.7 Å². The van der Waals surface area contributed by atoms with Crippen molar-refractivity contribution in [2.24, 2.45) is 0 Å². The van der Waals surface area contributed by atoms with Crippen LogP contribution in [0.25, 0.3) is 17.4 Å². The van der Waals surface area contributed by atoms with Crippen LogP contribution in [0.15, 0.2) is 93.6 Å². The Balaban J connectivity index is 1.59. The third-order valence-electron chi connectivity index (χ3n) is 5.24. The summed E-state index contributed by atoms with van der Waals surface area (Å²) in [6.45, 7) is 0.0647. The van der Waals surface area contributed by atoms with E-state index in [0.717, 1.165) is 12.1 Å². The Bertz CT molecular complexity index is 1400. The third kappa shape index (κ3) is 6.49. The number of carbonyl (C=O) groups excluding carboxylic acids is 2. The van der Waals surface area contributed by atoms with Gasteiger partial charge in [-0.25, -0.2) is 0 Å². The molecule has 0 aliphatic carbocycles. The van der Waals surface area contributed by atoms with E-state index in [1.165, 1.54) is 55.8 Å². The van der Waals surface area contributed by atoms with Gasteiger partial charge in [-0.3, -0.25) is 9.59 Å². The van der Waals surface area contributed by atoms with Crippen molar-refractivity contribution in [2.75, 3.05) is 7.11 Å². The molecule has 0 atom stereocenters. The van der Waals surface area contributed by atoms with Crippen LogP contribution in [0.2, 0.25) is 0 Å². The van der Waals surface area contributed by atoms with E-state index >= 15 is 0 Å². The molecule has 0 fully saturated rings. The second-order valence-electron chi connectivity index (χ2n) is 7.78. The van der Waals surface area contributed by atoms with Crippen LogP contribution in [0.5, 0.6) is 5.75 Å². The minimum Gasteiger partial charge on any atom is -0.497 e. The molecule has 4 rings (SSSR count). The highest BCUT2D eigenvalue weighted by Gasteiger charge is 2.30. The van der Waals surface area contributed by atoms with Crippen LogP contribution < -0.4 is 15.4 Å². The number of alkyl halides is 3. The number of carbonyl (C=O) groups is 2. The van der Waals surface area contributed by atoms with Crippen LogP contribution >= 0.6 is 0 Å². The lowest BCUT2D eigenvalue weighted by molar-refractivity contribution is -0.137. The van der Waals surface area contributed by atoms with Crippen LogP contribution in [0.4, 0.5) is 13.2 Å². The number of methoxy groups -OCH3 is 1. The van der Waals surface area contributed by atoms with Gasteiger partial charge in [-0.05, 0) is 60.7 Å². The Labute approximate surface area is 209 Å². The van der Waals surface area contributed by atoms with Gasteiger partial charge in [0.15, 0.2) is 0 Å². The highest BCUT2D eigenvalue weighted by atomic mass is 19.4. The van der Waals surface area contributed by atoms with Gasteiger partial charge < -0.3 is 24.2 Å². The first-order valence-electron chi connectivity index (χ1n) is 11.0. The van der Waals surface area contributed by atoms with E-state index in [0.29, 0.717) is 11.5 Å². The molecular weight excluding hydrogens is 489 g/mol. The number of hydrogen-bond donors (Lipinski definition) is 2. The number of nitrogens with one attached hydrogen (secondary N) is 2. The van der Waals surface area contributed by atoms with Gasteiger partial charge in [0.2, 0.25) is 0 Å². The van der Waals surface area contributed by atoms with Gasteiger partial charge >= 0.3 is 6.18 Å². The standard InChI is InChI=1S/C27H21F3N2O5/c1-35-20-9-7-17(8-10-20)25(33)32-23(26(34)31-16-22-6-3-13-36-22)15-21-11-12-24(37-21)18-4-2-5-19(14-18)27(28,29)30/h2-15H,16H2,1H3,(H,31,34)(H,32,33)/b23-15-. The van der Waals surface area contributed by atoms with Crippen molar-refractivity contribution in [1.29, 1.82) is 0 Å². The molecule has 0 bridgehead atoms. The van der Waals surface area contributed by atoms with Crippen molar-refractivity contribution in [3.05, 3.63) is 107 Å². The summed E-state index contributed by atoms with van der Waals surface area (Å²) < 4.78 is 55.2. The first kappa shape index (κ1) is 25.4. The maximum absolute atomic E-state index is 13.1. The van der Waals surface area contributed by atoms with E-state index in [2.05, 4.69) is 10.6 Å². The average Bonchev–Trinajstić information content (AvgIpc) is 3.59. The van der Waals surface area contributed by atoms with Gasteiger partial charge in [0, 0.05) is 17.2 Å². The van der Waals surface area contributed by atoms with Crippen LogP contribution in [-0.2, 0) is 17.5 Å². The predicted octanol–water partition coefficient (Wildman–Crippen LogP) is 5.65. The maximum atomic E-state index is 13.1. The van der Waals surface area contributed by atoms with Crippen molar-refractivity contribution in [3.8, 4) is 17.1 Å². The van der Waals surface area contributed by atoms with Crippen molar-refractivity contribution >= 4 is 17.9 Å². The van der Waals surface area contributed by atoms with Gasteiger partial charge in [-0.15, -0.1) is 0 Å². The first-order valence-corrected chi connectivity index (χ1v) is 11.0. The second-order valence-corrected chi connectivity index (χ2v) is 7.78. The summed E-state index contributed by atoms with van der Waals surface area (Å²) >= 11 is 0. The van der Waals surface area contributed by atoms with Gasteiger partial charge in [0.1, 0.15) is 28.7 Å². The smallest absolute Gasteiger partial charge is 0.416 e. The Morgan fingerprint density at radius 3 is 2.46 bits per heavy atom. The van der Waals surface area contributed by atoms with Crippen LogP contribution in [0.3, 0.4) is 0 Å². The molecule has 0 aliphatic heterocycles. The molecule has 2 aromatic carbocycles. The zero-order valence-electron chi connectivity index (χ0n) is 19.5. The fraction of sp³-hybridized carbons (Fsp3) is 0.111. The summed E-state index contributed by atoms with van der Waals surface area (Å²) in [6, 6.07) is 17.2. The minimum atomic E-state index is -4.50. The zero-order chi connectivity index (χ0) is 26.4. The molecule has 2 N–H and O–H groups in total. The van der Waals surface area contributed by atoms with Gasteiger partial charge in [-0.1, -0.05) is 12.1 Å². The van der Waals surface area contributed by atoms with Crippen LogP contribution in [0, 0.1) is 0 Å². The summed E-state index contributed by atoms with van der Waals surface area (Å²) in [4.78, 5) is 25.7. The summed E-state index contributed by atoms with van der Waals surface area (Å²) in [5.41, 5.74) is -0.476. The lowest BCUT2D eigenvalue weighted by atomic mass is 10.1. The van der Waals surface area contributed by atoms with E-state index in [1.807, 2.05) is 0 Å². The molecule has 2 aromatic heterocycles. The van der Waals surface area contributed by atoms with E-state index in [-0.39, 0.29) is 34.9 Å². The third-order valence-corrected chi connectivity index (χ3v) is 5.24. The molecule has 0 radical (unpaired) electrons. The van der Waals surface area contributed by atoms with Crippen molar-refractivity contribution in [3.63, 3.8) is 0 Å². The summed E-state index contributed by atoms with van der Waals surface area (Å²) in [6.07, 6.45) is -1.76. The zero-order valence-corrected chi connectivity index (χ0v) is 19.5. The SMILES string of the molecule is COc1ccc(C(=O)N/C(=C\c2ccc(-c3cccc(C(F)(F)F)c3)o2)C(=O)NCc2ccco2)cc1. The molecule has 0 unspecified atom stereocenters. The van der Waals surface area contributed by atoms with Crippen molar-refractivity contribution in [1.82, 2.24) is 10.6 Å². The van der Waals surface area contributed by atoms with Gasteiger partial charge in [-0.2, -0.15) is 13.2 Å². The lowest BCUT2D eigenvalue weighted by Crippen LogP contribution is -2.34. The number of ether oxygens (including phenoxy) is 1. The minimum absolute atomic E-state index is 0.0647. The molecule has 2 amide bonds. The monoisotopic (exact) mass is 510 g/mol. The summed E-state index contributed by atoms with van der Waals surface area (Å²) in [7, 11) is 1.50. The molecule has 4 aromatic rings. The van der Waals surface area contributed by atoms with Crippen LogP contribution in [-0.4, -0.2) is 18.9 Å². The molecule has 37 heavy (non-hydrogen) atoms. The fourth-order valence-corrected chi connectivity index (χ4v) is 3.35. The molecule has 0 aliphatic rings. The fourth-order valence-electron chi connectivity index (χ4n) is 3.35. The Morgan fingerprint density at radius 2 is 1.78 bits per heavy atom. The Morgan fingerprint density at radius 1 is 1.00 bits per heavy atom. The molecule has 190 valence electrons. The number of rotatable bonds is 8. The van der Waals surface area contributed by atoms with E-state index < -0.39 is 23.6 Å². The summed E-state index contributed by atoms with van der Waals surface area (Å²) in [5, 5.41) is 5.20. The quantitative estimate of drug-likeness (QED) is 0.299. The Hall–Kier alpha value is -4.73. The number of benzene rings is 2. The van der Waals surface area contributed by atoms with Crippen molar-refractivity contribution < 1.29 is 36.3 Å². The van der Waals surface area contributed by atoms with E-state index in [4.69, 9.17) is 13.6 Å². The molecule has 0 saturated carbocycles. The molecule has 0 saturated heterocycles. The molecular formula is C27H21F3N2O5. The van der Waals surface area contributed by atoms with Gasteiger partial charge in [0.25, 0.3) is 11.8 Å². The first-order chi connectivity index (χ1) is 17.7. The largest absolute Gasteiger partial charge is 0.497 e. The highest BCUT2D eigenvalue weighted by Crippen LogP contribution is 2.32. The topological polar surface area (TPSA) is 93.7 Å². The average molecular weight is 510 g/mol. The molecule has 0 spiro atoms. The number of halogens is 3. The molecule has 10 heteroatoms. The normalized spacial score (nSPS) is 11.7. The molecule has 2 heterocycles. The maximum Gasteiger partial charge on any atom is 0.416 e. The lowest BCUT2D eigenvalue weighted by Gasteiger charge is -2.10. The van der Waals surface area contributed by atoms with Crippen LogP contribution in [0.1, 0.15) is 27.4 Å². The predicted molar refractivity (Wildman–Crippen MR) is 128 cm³/mol. The van der Waals surface area contributed by atoms with E-state index in [9.17, 15) is 22.8 Å². The highest BCUT2D eigenvalue weighted by molar-refractivity contribution is 6.05. The number of hydrogen-bond acceptors (Lipinski definition) is 5. The number of furan rings is 2. The van der Waals surface area contributed by atoms with Gasteiger partial charge in [0.05, 0.1) is 25.5 Å². The summed E-state index contributed by atoms with van der Waals surface area (Å²) in [5.74, 6) is 0.169. The molecule has 7 nitrogen and oxygen atoms in total. The second kappa shape index (κ2) is 10.9. The Kier molecular flexibility index (Phi) is 7.47. The number of amides is 2.